The van der Waals surface area contributed by atoms with Gasteiger partial charge in [0.2, 0.25) is 0 Å². The third kappa shape index (κ3) is 2.95. The van der Waals surface area contributed by atoms with E-state index in [-0.39, 0.29) is 0 Å². The summed E-state index contributed by atoms with van der Waals surface area (Å²) in [5, 5.41) is 16.7. The molecule has 1 aromatic carbocycles. The fraction of sp³-hybridized carbons (Fsp3) is 0.400. The molecule has 2 heterocycles. The normalized spacial score (nSPS) is 11.3. The van der Waals surface area contributed by atoms with Crippen molar-refractivity contribution in [1.29, 1.82) is 0 Å². The molecule has 0 spiro atoms. The zero-order valence-corrected chi connectivity index (χ0v) is 12.5. The highest BCUT2D eigenvalue weighted by atomic mass is 15.6. The van der Waals surface area contributed by atoms with Crippen LogP contribution in [0.5, 0.6) is 0 Å². The SMILES string of the molecule is CNCCCc1cn(Cc2nnn(C)n2)c2ccccc12. The second-order valence-corrected chi connectivity index (χ2v) is 5.20. The molecule has 3 rings (SSSR count). The lowest BCUT2D eigenvalue weighted by atomic mass is 10.1. The summed E-state index contributed by atoms with van der Waals surface area (Å²) in [4.78, 5) is 1.49. The minimum Gasteiger partial charge on any atom is -0.339 e. The van der Waals surface area contributed by atoms with Crippen molar-refractivity contribution in [3.8, 4) is 0 Å². The van der Waals surface area contributed by atoms with E-state index in [1.807, 2.05) is 7.05 Å². The van der Waals surface area contributed by atoms with Crippen LogP contribution in [0.4, 0.5) is 0 Å². The minimum absolute atomic E-state index is 0.653. The number of rotatable bonds is 6. The van der Waals surface area contributed by atoms with Crippen LogP contribution in [-0.2, 0) is 20.0 Å². The molecule has 0 fully saturated rings. The molecule has 0 amide bonds. The van der Waals surface area contributed by atoms with E-state index in [9.17, 15) is 0 Å². The molecule has 0 unspecified atom stereocenters. The third-order valence-corrected chi connectivity index (χ3v) is 3.61. The Hall–Kier alpha value is -2.21. The van der Waals surface area contributed by atoms with Gasteiger partial charge in [0.15, 0.2) is 5.82 Å². The van der Waals surface area contributed by atoms with Gasteiger partial charge in [0.1, 0.15) is 0 Å². The number of aromatic nitrogens is 5. The topological polar surface area (TPSA) is 60.6 Å². The molecule has 0 aliphatic heterocycles. The molecule has 0 bridgehead atoms. The Morgan fingerprint density at radius 2 is 2.10 bits per heavy atom. The van der Waals surface area contributed by atoms with Gasteiger partial charge in [-0.15, -0.1) is 10.2 Å². The number of hydrogen-bond acceptors (Lipinski definition) is 4. The van der Waals surface area contributed by atoms with Gasteiger partial charge in [-0.05, 0) is 43.3 Å². The number of hydrogen-bond donors (Lipinski definition) is 1. The molecule has 6 heteroatoms. The lowest BCUT2D eigenvalue weighted by molar-refractivity contribution is 0.625. The predicted octanol–water partition coefficient (Wildman–Crippen LogP) is 1.37. The summed E-state index contributed by atoms with van der Waals surface area (Å²) < 4.78 is 2.21. The molecular weight excluding hydrogens is 264 g/mol. The highest BCUT2D eigenvalue weighted by Gasteiger charge is 2.10. The Labute approximate surface area is 123 Å². The number of tetrazole rings is 1. The molecule has 0 saturated heterocycles. The van der Waals surface area contributed by atoms with E-state index in [2.05, 4.69) is 55.8 Å². The zero-order valence-electron chi connectivity index (χ0n) is 12.5. The van der Waals surface area contributed by atoms with E-state index in [0.717, 1.165) is 25.2 Å². The van der Waals surface area contributed by atoms with Crippen LogP contribution in [-0.4, -0.2) is 38.4 Å². The molecule has 1 N–H and O–H groups in total. The first-order chi connectivity index (χ1) is 10.3. The van der Waals surface area contributed by atoms with Gasteiger partial charge in [-0.25, -0.2) is 0 Å². The number of nitrogens with one attached hydrogen (secondary N) is 1. The van der Waals surface area contributed by atoms with Crippen molar-refractivity contribution in [2.45, 2.75) is 19.4 Å². The molecule has 21 heavy (non-hydrogen) atoms. The third-order valence-electron chi connectivity index (χ3n) is 3.61. The van der Waals surface area contributed by atoms with Crippen LogP contribution in [0.1, 0.15) is 17.8 Å². The van der Waals surface area contributed by atoms with Crippen LogP contribution in [0, 0.1) is 0 Å². The van der Waals surface area contributed by atoms with Gasteiger partial charge in [-0.1, -0.05) is 18.2 Å². The lowest BCUT2D eigenvalue weighted by Crippen LogP contribution is -2.08. The Morgan fingerprint density at radius 1 is 1.24 bits per heavy atom. The van der Waals surface area contributed by atoms with Gasteiger partial charge < -0.3 is 9.88 Å². The molecule has 2 aromatic heterocycles. The maximum absolute atomic E-state index is 4.26. The van der Waals surface area contributed by atoms with Crippen LogP contribution in [0.2, 0.25) is 0 Å². The Morgan fingerprint density at radius 3 is 2.86 bits per heavy atom. The quantitative estimate of drug-likeness (QED) is 0.694. The van der Waals surface area contributed by atoms with E-state index < -0.39 is 0 Å². The molecule has 0 saturated carbocycles. The fourth-order valence-corrected chi connectivity index (χ4v) is 2.65. The van der Waals surface area contributed by atoms with Crippen molar-refractivity contribution in [2.75, 3.05) is 13.6 Å². The maximum atomic E-state index is 4.26. The van der Waals surface area contributed by atoms with Crippen LogP contribution in [0.15, 0.2) is 30.5 Å². The first kappa shape index (κ1) is 13.8. The number of para-hydroxylation sites is 1. The van der Waals surface area contributed by atoms with Crippen molar-refractivity contribution in [1.82, 2.24) is 30.1 Å². The smallest absolute Gasteiger partial charge is 0.194 e. The van der Waals surface area contributed by atoms with Crippen LogP contribution < -0.4 is 5.32 Å². The number of aryl methyl sites for hydroxylation is 2. The lowest BCUT2D eigenvalue weighted by Gasteiger charge is -2.00. The van der Waals surface area contributed by atoms with E-state index in [4.69, 9.17) is 0 Å². The van der Waals surface area contributed by atoms with Crippen molar-refractivity contribution >= 4 is 10.9 Å². The van der Waals surface area contributed by atoms with Gasteiger partial charge in [0, 0.05) is 17.1 Å². The van der Waals surface area contributed by atoms with Gasteiger partial charge in [0.05, 0.1) is 13.6 Å². The molecule has 6 nitrogen and oxygen atoms in total. The summed E-state index contributed by atoms with van der Waals surface area (Å²) >= 11 is 0. The first-order valence-electron chi connectivity index (χ1n) is 7.22. The molecule has 110 valence electrons. The average Bonchev–Trinajstić information content (AvgIpc) is 3.05. The van der Waals surface area contributed by atoms with Gasteiger partial charge in [-0.2, -0.15) is 4.80 Å². The second-order valence-electron chi connectivity index (χ2n) is 5.20. The summed E-state index contributed by atoms with van der Waals surface area (Å²) in [5.74, 6) is 0.736. The molecule has 0 atom stereocenters. The van der Waals surface area contributed by atoms with E-state index in [0.29, 0.717) is 6.54 Å². The van der Waals surface area contributed by atoms with E-state index in [1.165, 1.54) is 21.3 Å². The summed E-state index contributed by atoms with van der Waals surface area (Å²) in [6.45, 7) is 1.69. The maximum Gasteiger partial charge on any atom is 0.194 e. The molecule has 3 aromatic rings. The Balaban J connectivity index is 1.90. The number of benzene rings is 1. The highest BCUT2D eigenvalue weighted by Crippen LogP contribution is 2.23. The summed E-state index contributed by atoms with van der Waals surface area (Å²) in [7, 11) is 3.77. The molecule has 0 radical (unpaired) electrons. The minimum atomic E-state index is 0.653. The van der Waals surface area contributed by atoms with E-state index >= 15 is 0 Å². The Kier molecular flexibility index (Phi) is 3.96. The monoisotopic (exact) mass is 284 g/mol. The second kappa shape index (κ2) is 6.05. The Bertz CT molecular complexity index is 727. The average molecular weight is 284 g/mol. The van der Waals surface area contributed by atoms with Gasteiger partial charge >= 0.3 is 0 Å². The predicted molar refractivity (Wildman–Crippen MR) is 82.1 cm³/mol. The van der Waals surface area contributed by atoms with Gasteiger partial charge in [0.25, 0.3) is 0 Å². The largest absolute Gasteiger partial charge is 0.339 e. The molecule has 0 aliphatic carbocycles. The van der Waals surface area contributed by atoms with Crippen LogP contribution >= 0.6 is 0 Å². The fourth-order valence-electron chi connectivity index (χ4n) is 2.65. The summed E-state index contributed by atoms with van der Waals surface area (Å²) in [6.07, 6.45) is 4.42. The van der Waals surface area contributed by atoms with Crippen molar-refractivity contribution in [3.05, 3.63) is 41.9 Å². The van der Waals surface area contributed by atoms with Crippen LogP contribution in [0.25, 0.3) is 10.9 Å². The molecular formula is C15H20N6. The number of fused-ring (bicyclic) bond motifs is 1. The summed E-state index contributed by atoms with van der Waals surface area (Å²) in [6, 6.07) is 8.49. The van der Waals surface area contributed by atoms with Crippen molar-refractivity contribution in [3.63, 3.8) is 0 Å². The standard InChI is InChI=1S/C15H20N6/c1-16-9-5-6-12-10-21(11-15-17-19-20(2)18-15)14-8-4-3-7-13(12)14/h3-4,7-8,10,16H,5-6,9,11H2,1-2H3. The first-order valence-corrected chi connectivity index (χ1v) is 7.22. The van der Waals surface area contributed by atoms with Crippen molar-refractivity contribution < 1.29 is 0 Å². The zero-order chi connectivity index (χ0) is 14.7. The summed E-state index contributed by atoms with van der Waals surface area (Å²) in [5.41, 5.74) is 2.61. The number of nitrogens with zero attached hydrogens (tertiary/aromatic N) is 5. The van der Waals surface area contributed by atoms with Crippen molar-refractivity contribution in [2.24, 2.45) is 7.05 Å². The van der Waals surface area contributed by atoms with Gasteiger partial charge in [-0.3, -0.25) is 0 Å². The molecule has 0 aliphatic rings. The highest BCUT2D eigenvalue weighted by molar-refractivity contribution is 5.84. The van der Waals surface area contributed by atoms with E-state index in [1.54, 1.807) is 7.05 Å². The van der Waals surface area contributed by atoms with Crippen LogP contribution in [0.3, 0.4) is 0 Å².